The molecular formula is C44H56N4O8. The van der Waals surface area contributed by atoms with Crippen LogP contribution in [0.25, 0.3) is 10.9 Å². The van der Waals surface area contributed by atoms with Gasteiger partial charge in [0.2, 0.25) is 5.60 Å². The third kappa shape index (κ3) is 4.59. The predicted octanol–water partition coefficient (Wildman–Crippen LogP) is 3.42. The van der Waals surface area contributed by atoms with E-state index < -0.39 is 51.5 Å². The zero-order chi connectivity index (χ0) is 39.6. The molecule has 300 valence electrons. The number of rotatable bonds is 6. The van der Waals surface area contributed by atoms with Gasteiger partial charge in [0.1, 0.15) is 17.3 Å². The number of nitrogens with zero attached hydrogens (tertiary/aromatic N) is 3. The Morgan fingerprint density at radius 2 is 1.73 bits per heavy atom. The van der Waals surface area contributed by atoms with E-state index in [9.17, 15) is 20.1 Å². The fraction of sp³-hybridized carbons (Fsp3) is 0.591. The fourth-order valence-electron chi connectivity index (χ4n) is 13.2. The van der Waals surface area contributed by atoms with Gasteiger partial charge in [0.05, 0.1) is 33.0 Å². The van der Waals surface area contributed by atoms with Crippen LogP contribution in [0.4, 0.5) is 5.69 Å². The number of benzene rings is 2. The van der Waals surface area contributed by atoms with E-state index in [1.807, 2.05) is 62.2 Å². The largest absolute Gasteiger partial charge is 0.496 e. The number of carbonyl (C=O) groups excluding carboxylic acids is 2. The van der Waals surface area contributed by atoms with E-state index in [1.165, 1.54) is 14.2 Å². The molecule has 1 saturated carbocycles. The molecule has 1 aromatic heterocycles. The smallest absolute Gasteiger partial charge is 0.342 e. The number of fused-ring (bicyclic) bond motifs is 6. The Morgan fingerprint density at radius 1 is 0.964 bits per heavy atom. The average molecular weight is 769 g/mol. The number of esters is 2. The Labute approximate surface area is 328 Å². The Morgan fingerprint density at radius 3 is 2.45 bits per heavy atom. The number of anilines is 1. The summed E-state index contributed by atoms with van der Waals surface area (Å²) in [6.07, 6.45) is 5.82. The number of H-pyrrole nitrogens is 1. The van der Waals surface area contributed by atoms with Crippen LogP contribution in [0.3, 0.4) is 0 Å². The van der Waals surface area contributed by atoms with Gasteiger partial charge in [-0.1, -0.05) is 44.2 Å². The third-order valence-corrected chi connectivity index (χ3v) is 15.4. The minimum absolute atomic E-state index is 0.0795. The minimum atomic E-state index is -2.29. The van der Waals surface area contributed by atoms with Crippen molar-refractivity contribution in [2.45, 2.75) is 92.6 Å². The molecule has 1 spiro atoms. The van der Waals surface area contributed by atoms with Gasteiger partial charge in [-0.3, -0.25) is 14.6 Å². The summed E-state index contributed by atoms with van der Waals surface area (Å²) in [7, 11) is 6.17. The molecule has 6 unspecified atom stereocenters. The standard InChI is InChI=1S/C44H56N4O8/c1-7-40(52)22-26-23-43(38(50)55-5,34-28(14-18-47(24-26)25-40)27-12-9-10-13-31(27)45-34)30-20-29-32(21-33(30)54-4)46(3)36-42(29)16-19-48-17-11-15-41(8-2,35(42)48)37(49)44(36,53)39(51)56-6/h9-13,15,20-21,26,35-37,45,49,52-53H,7-8,14,16-19,22-25H2,1-6H3/t26?,35?,36?,37-,40?,41-,42?,43?,44+/m1/s1. The molecule has 12 nitrogen and oxygen atoms in total. The summed E-state index contributed by atoms with van der Waals surface area (Å²) in [5.74, 6) is -0.908. The van der Waals surface area contributed by atoms with Crippen molar-refractivity contribution in [1.29, 1.82) is 0 Å². The minimum Gasteiger partial charge on any atom is -0.496 e. The summed E-state index contributed by atoms with van der Waals surface area (Å²) in [5, 5.41) is 38.3. The molecule has 2 aromatic carbocycles. The summed E-state index contributed by atoms with van der Waals surface area (Å²) >= 11 is 0. The van der Waals surface area contributed by atoms with Gasteiger partial charge in [0, 0.05) is 84.0 Å². The van der Waals surface area contributed by atoms with E-state index in [0.717, 1.165) is 46.5 Å². The lowest BCUT2D eigenvalue weighted by Gasteiger charge is -2.63. The quantitative estimate of drug-likeness (QED) is 0.216. The molecule has 2 bridgehead atoms. The zero-order valence-corrected chi connectivity index (χ0v) is 33.4. The Kier molecular flexibility index (Phi) is 8.59. The van der Waals surface area contributed by atoms with Gasteiger partial charge < -0.3 is 39.4 Å². The van der Waals surface area contributed by atoms with Gasteiger partial charge in [0.25, 0.3) is 0 Å². The summed E-state index contributed by atoms with van der Waals surface area (Å²) in [6.45, 7) is 7.41. The third-order valence-electron chi connectivity index (χ3n) is 15.4. The number of aromatic amines is 1. The Bertz CT molecular complexity index is 2140. The lowest BCUT2D eigenvalue weighted by Crippen LogP contribution is -2.80. The second kappa shape index (κ2) is 12.8. The molecule has 1 aliphatic carbocycles. The average Bonchev–Trinajstić information content (AvgIpc) is 3.87. The maximum absolute atomic E-state index is 15.2. The van der Waals surface area contributed by atoms with Crippen LogP contribution >= 0.6 is 0 Å². The molecule has 3 aromatic rings. The number of nitrogens with one attached hydrogen (secondary N) is 1. The number of aromatic nitrogens is 1. The molecule has 5 aliphatic heterocycles. The number of aliphatic hydroxyl groups excluding tert-OH is 1. The number of aliphatic hydroxyl groups is 3. The van der Waals surface area contributed by atoms with Crippen molar-refractivity contribution in [2.24, 2.45) is 11.3 Å². The van der Waals surface area contributed by atoms with E-state index >= 15 is 4.79 Å². The van der Waals surface area contributed by atoms with E-state index in [0.29, 0.717) is 69.5 Å². The molecule has 0 amide bonds. The highest BCUT2D eigenvalue weighted by Crippen LogP contribution is 2.67. The van der Waals surface area contributed by atoms with Crippen LogP contribution in [0.2, 0.25) is 0 Å². The van der Waals surface area contributed by atoms with Gasteiger partial charge >= 0.3 is 11.9 Å². The second-order valence-corrected chi connectivity index (χ2v) is 17.6. The van der Waals surface area contributed by atoms with Gasteiger partial charge in [-0.05, 0) is 74.2 Å². The Hall–Kier alpha value is -3.94. The highest BCUT2D eigenvalue weighted by molar-refractivity contribution is 5.95. The molecule has 0 radical (unpaired) electrons. The van der Waals surface area contributed by atoms with Crippen LogP contribution in [0.1, 0.15) is 68.3 Å². The number of carbonyl (C=O) groups is 2. The number of hydrogen-bond donors (Lipinski definition) is 4. The van der Waals surface area contributed by atoms with Crippen LogP contribution in [-0.2, 0) is 36.3 Å². The zero-order valence-electron chi connectivity index (χ0n) is 33.4. The Balaban J connectivity index is 1.36. The number of likely N-dealkylation sites (N-methyl/N-ethyl adjacent to an activating group) is 1. The van der Waals surface area contributed by atoms with Crippen molar-refractivity contribution < 1.29 is 39.1 Å². The molecule has 6 heterocycles. The molecule has 3 fully saturated rings. The summed E-state index contributed by atoms with van der Waals surface area (Å²) < 4.78 is 17.6. The van der Waals surface area contributed by atoms with Crippen LogP contribution < -0.4 is 9.64 Å². The van der Waals surface area contributed by atoms with Gasteiger partial charge in [0.15, 0.2) is 0 Å². The number of ether oxygens (including phenoxy) is 3. The normalized spacial score (nSPS) is 38.4. The first-order chi connectivity index (χ1) is 26.8. The predicted molar refractivity (Wildman–Crippen MR) is 211 cm³/mol. The molecule has 2 saturated heterocycles. The van der Waals surface area contributed by atoms with E-state index in [1.54, 1.807) is 7.11 Å². The fourth-order valence-corrected chi connectivity index (χ4v) is 13.2. The first kappa shape index (κ1) is 37.6. The lowest BCUT2D eigenvalue weighted by atomic mass is 9.47. The van der Waals surface area contributed by atoms with Crippen molar-refractivity contribution in [3.8, 4) is 5.75 Å². The molecule has 4 N–H and O–H groups in total. The maximum atomic E-state index is 15.2. The number of hydrogen-bond acceptors (Lipinski definition) is 11. The first-order valence-corrected chi connectivity index (χ1v) is 20.3. The SMILES string of the molecule is CCC1(O)CC2C[N@](CCc3c([nH]c4ccccc34)C(C(=O)OC)(c3cc4c(cc3OC)N(C)C3C45CCN4CC=C[C@](CC)(C45)[C@@H](O)[C@]3(O)C(=O)OC)C2)C1. The molecule has 12 heteroatoms. The topological polar surface area (TPSA) is 148 Å². The van der Waals surface area contributed by atoms with Crippen molar-refractivity contribution in [2.75, 3.05) is 66.0 Å². The maximum Gasteiger partial charge on any atom is 0.342 e. The number of methoxy groups -OCH3 is 3. The van der Waals surface area contributed by atoms with Gasteiger partial charge in [-0.25, -0.2) is 4.79 Å². The van der Waals surface area contributed by atoms with Crippen molar-refractivity contribution >= 4 is 28.5 Å². The molecule has 6 aliphatic rings. The molecule has 56 heavy (non-hydrogen) atoms. The van der Waals surface area contributed by atoms with E-state index in [-0.39, 0.29) is 12.0 Å². The van der Waals surface area contributed by atoms with E-state index in [4.69, 9.17) is 14.2 Å². The summed E-state index contributed by atoms with van der Waals surface area (Å²) in [6, 6.07) is 11.1. The molecule has 10 atom stereocenters. The summed E-state index contributed by atoms with van der Waals surface area (Å²) in [5.41, 5.74) is -1.43. The second-order valence-electron chi connectivity index (χ2n) is 17.6. The molecule has 9 rings (SSSR count). The highest BCUT2D eigenvalue weighted by atomic mass is 16.5. The van der Waals surface area contributed by atoms with Crippen LogP contribution in [0, 0.1) is 11.3 Å². The van der Waals surface area contributed by atoms with Crippen LogP contribution in [0.15, 0.2) is 48.6 Å². The van der Waals surface area contributed by atoms with Crippen LogP contribution in [-0.4, -0.2) is 133 Å². The summed E-state index contributed by atoms with van der Waals surface area (Å²) in [4.78, 5) is 39.7. The lowest BCUT2D eigenvalue weighted by molar-refractivity contribution is -0.218. The van der Waals surface area contributed by atoms with Crippen LogP contribution in [0.5, 0.6) is 5.75 Å². The van der Waals surface area contributed by atoms with Crippen molar-refractivity contribution in [3.05, 3.63) is 70.9 Å². The van der Waals surface area contributed by atoms with E-state index in [2.05, 4.69) is 26.9 Å². The first-order valence-electron chi connectivity index (χ1n) is 20.3. The van der Waals surface area contributed by atoms with Gasteiger partial charge in [-0.15, -0.1) is 0 Å². The van der Waals surface area contributed by atoms with Gasteiger partial charge in [-0.2, -0.15) is 0 Å². The van der Waals surface area contributed by atoms with Crippen molar-refractivity contribution in [1.82, 2.24) is 14.8 Å². The molecular weight excluding hydrogens is 713 g/mol. The highest BCUT2D eigenvalue weighted by Gasteiger charge is 2.79. The number of para-hydroxylation sites is 1. The number of piperidine rings is 1. The monoisotopic (exact) mass is 768 g/mol. The van der Waals surface area contributed by atoms with Crippen molar-refractivity contribution in [3.63, 3.8) is 0 Å².